The van der Waals surface area contributed by atoms with Crippen molar-refractivity contribution in [3.8, 4) is 0 Å². The molecule has 3 rings (SSSR count). The topological polar surface area (TPSA) is 102 Å². The van der Waals surface area contributed by atoms with Crippen LogP contribution in [-0.4, -0.2) is 26.4 Å². The summed E-state index contributed by atoms with van der Waals surface area (Å²) in [6, 6.07) is 17.2. The first kappa shape index (κ1) is 23.0. The number of sulfonamides is 1. The number of benzene rings is 3. The van der Waals surface area contributed by atoms with Gasteiger partial charge in [-0.1, -0.05) is 29.8 Å². The van der Waals surface area contributed by atoms with Crippen LogP contribution in [0.2, 0.25) is 0 Å². The van der Waals surface area contributed by atoms with E-state index in [1.165, 1.54) is 31.2 Å². The quantitative estimate of drug-likeness (QED) is 0.521. The van der Waals surface area contributed by atoms with Crippen LogP contribution in [0, 0.1) is 12.7 Å². The maximum absolute atomic E-state index is 13.1. The molecular formula is C23H21FN2O5S. The van der Waals surface area contributed by atoms with Gasteiger partial charge in [0, 0.05) is 5.69 Å². The van der Waals surface area contributed by atoms with Gasteiger partial charge in [0.05, 0.1) is 16.1 Å². The van der Waals surface area contributed by atoms with Crippen molar-refractivity contribution < 1.29 is 27.1 Å². The van der Waals surface area contributed by atoms with E-state index in [-0.39, 0.29) is 16.1 Å². The molecule has 1 unspecified atom stereocenters. The molecule has 1 amide bonds. The number of carbonyl (C=O) groups is 2. The van der Waals surface area contributed by atoms with E-state index in [9.17, 15) is 22.4 Å². The van der Waals surface area contributed by atoms with Gasteiger partial charge < -0.3 is 10.1 Å². The molecule has 0 saturated heterocycles. The van der Waals surface area contributed by atoms with Crippen molar-refractivity contribution in [3.63, 3.8) is 0 Å². The van der Waals surface area contributed by atoms with Crippen molar-refractivity contribution in [2.24, 2.45) is 0 Å². The zero-order chi connectivity index (χ0) is 23.3. The van der Waals surface area contributed by atoms with Crippen molar-refractivity contribution in [3.05, 3.63) is 89.7 Å². The summed E-state index contributed by atoms with van der Waals surface area (Å²) < 4.78 is 45.8. The Kier molecular flexibility index (Phi) is 6.89. The second-order valence-corrected chi connectivity index (χ2v) is 8.69. The number of anilines is 2. The largest absolute Gasteiger partial charge is 0.449 e. The normalized spacial score (nSPS) is 12.0. The molecule has 0 radical (unpaired) electrons. The summed E-state index contributed by atoms with van der Waals surface area (Å²) in [5.41, 5.74) is 1.47. The van der Waals surface area contributed by atoms with E-state index in [0.29, 0.717) is 5.69 Å². The number of esters is 1. The van der Waals surface area contributed by atoms with Crippen LogP contribution >= 0.6 is 0 Å². The Bertz CT molecular complexity index is 1230. The Hall–Kier alpha value is -3.72. The second kappa shape index (κ2) is 9.61. The minimum atomic E-state index is -4.08. The number of halogens is 1. The first-order valence-corrected chi connectivity index (χ1v) is 11.1. The first-order chi connectivity index (χ1) is 15.2. The Morgan fingerprint density at radius 1 is 0.938 bits per heavy atom. The highest BCUT2D eigenvalue weighted by Gasteiger charge is 2.23. The SMILES string of the molecule is Cc1ccc(NC(=O)C(C)OC(=O)c2ccccc2NS(=O)(=O)c2ccc(F)cc2)cc1. The summed E-state index contributed by atoms with van der Waals surface area (Å²) in [5, 5.41) is 2.65. The predicted molar refractivity (Wildman–Crippen MR) is 118 cm³/mol. The predicted octanol–water partition coefficient (Wildman–Crippen LogP) is 4.12. The highest BCUT2D eigenvalue weighted by Crippen LogP contribution is 2.22. The summed E-state index contributed by atoms with van der Waals surface area (Å²) in [7, 11) is -4.08. The number of amides is 1. The Labute approximate surface area is 185 Å². The fraction of sp³-hybridized carbons (Fsp3) is 0.130. The number of ether oxygens (including phenoxy) is 1. The van der Waals surface area contributed by atoms with E-state index in [2.05, 4.69) is 10.0 Å². The van der Waals surface area contributed by atoms with E-state index >= 15 is 0 Å². The van der Waals surface area contributed by atoms with Gasteiger partial charge in [0.2, 0.25) is 0 Å². The van der Waals surface area contributed by atoms with Crippen molar-refractivity contribution >= 4 is 33.3 Å². The summed E-state index contributed by atoms with van der Waals surface area (Å²) in [4.78, 5) is 24.8. The van der Waals surface area contributed by atoms with Crippen LogP contribution in [-0.2, 0) is 19.6 Å². The minimum Gasteiger partial charge on any atom is -0.449 e. The molecule has 0 aliphatic rings. The highest BCUT2D eigenvalue weighted by atomic mass is 32.2. The van der Waals surface area contributed by atoms with Crippen LogP contribution in [0.5, 0.6) is 0 Å². The van der Waals surface area contributed by atoms with E-state index in [4.69, 9.17) is 4.74 Å². The van der Waals surface area contributed by atoms with Crippen LogP contribution < -0.4 is 10.0 Å². The van der Waals surface area contributed by atoms with Crippen LogP contribution in [0.25, 0.3) is 0 Å². The lowest BCUT2D eigenvalue weighted by Crippen LogP contribution is -2.30. The van der Waals surface area contributed by atoms with Gasteiger partial charge in [0.25, 0.3) is 15.9 Å². The van der Waals surface area contributed by atoms with Gasteiger partial charge in [-0.3, -0.25) is 9.52 Å². The maximum Gasteiger partial charge on any atom is 0.341 e. The third-order valence-corrected chi connectivity index (χ3v) is 5.87. The van der Waals surface area contributed by atoms with Crippen molar-refractivity contribution in [2.75, 3.05) is 10.0 Å². The lowest BCUT2D eigenvalue weighted by atomic mass is 10.2. The van der Waals surface area contributed by atoms with Gasteiger partial charge in [0.1, 0.15) is 5.82 Å². The monoisotopic (exact) mass is 456 g/mol. The molecule has 0 aliphatic heterocycles. The van der Waals surface area contributed by atoms with Crippen LogP contribution in [0.4, 0.5) is 15.8 Å². The summed E-state index contributed by atoms with van der Waals surface area (Å²) in [5.74, 6) is -1.99. The molecule has 0 aliphatic carbocycles. The molecule has 0 bridgehead atoms. The van der Waals surface area contributed by atoms with Crippen LogP contribution in [0.3, 0.4) is 0 Å². The van der Waals surface area contributed by atoms with Crippen molar-refractivity contribution in [2.45, 2.75) is 24.8 Å². The van der Waals surface area contributed by atoms with E-state index in [0.717, 1.165) is 29.8 Å². The molecule has 0 heterocycles. The van der Waals surface area contributed by atoms with Gasteiger partial charge in [0.15, 0.2) is 6.10 Å². The number of hydrogen-bond donors (Lipinski definition) is 2. The first-order valence-electron chi connectivity index (χ1n) is 9.61. The Morgan fingerprint density at radius 2 is 1.56 bits per heavy atom. The lowest BCUT2D eigenvalue weighted by Gasteiger charge is -2.16. The van der Waals surface area contributed by atoms with Gasteiger partial charge in [-0.15, -0.1) is 0 Å². The standard InChI is InChI=1S/C23H21FN2O5S/c1-15-7-11-18(12-8-15)25-22(27)16(2)31-23(28)20-5-3-4-6-21(20)26-32(29,30)19-13-9-17(24)10-14-19/h3-14,16,26H,1-2H3,(H,25,27). The molecule has 166 valence electrons. The average Bonchev–Trinajstić information content (AvgIpc) is 2.75. The number of nitrogens with one attached hydrogen (secondary N) is 2. The number of para-hydroxylation sites is 1. The molecule has 0 fully saturated rings. The van der Waals surface area contributed by atoms with Gasteiger partial charge in [-0.05, 0) is 62.4 Å². The molecule has 3 aromatic carbocycles. The van der Waals surface area contributed by atoms with E-state index < -0.39 is 33.8 Å². The summed E-state index contributed by atoms with van der Waals surface area (Å²) >= 11 is 0. The minimum absolute atomic E-state index is 0.0343. The number of aryl methyl sites for hydroxylation is 1. The number of rotatable bonds is 7. The average molecular weight is 456 g/mol. The zero-order valence-corrected chi connectivity index (χ0v) is 18.1. The molecular weight excluding hydrogens is 435 g/mol. The van der Waals surface area contributed by atoms with Gasteiger partial charge in [-0.2, -0.15) is 0 Å². The van der Waals surface area contributed by atoms with Gasteiger partial charge >= 0.3 is 5.97 Å². The molecule has 1 atom stereocenters. The summed E-state index contributed by atoms with van der Waals surface area (Å²) in [6.45, 7) is 3.32. The van der Waals surface area contributed by atoms with Crippen LogP contribution in [0.1, 0.15) is 22.8 Å². The third kappa shape index (κ3) is 5.70. The highest BCUT2D eigenvalue weighted by molar-refractivity contribution is 7.92. The molecule has 3 aromatic rings. The third-order valence-electron chi connectivity index (χ3n) is 4.49. The Morgan fingerprint density at radius 3 is 2.22 bits per heavy atom. The van der Waals surface area contributed by atoms with E-state index in [1.54, 1.807) is 12.1 Å². The van der Waals surface area contributed by atoms with E-state index in [1.807, 2.05) is 19.1 Å². The maximum atomic E-state index is 13.1. The smallest absolute Gasteiger partial charge is 0.341 e. The fourth-order valence-electron chi connectivity index (χ4n) is 2.73. The second-order valence-electron chi connectivity index (χ2n) is 7.01. The number of carbonyl (C=O) groups excluding carboxylic acids is 2. The lowest BCUT2D eigenvalue weighted by molar-refractivity contribution is -0.123. The summed E-state index contributed by atoms with van der Waals surface area (Å²) in [6.07, 6.45) is -1.13. The number of hydrogen-bond acceptors (Lipinski definition) is 5. The van der Waals surface area contributed by atoms with Crippen molar-refractivity contribution in [1.82, 2.24) is 0 Å². The van der Waals surface area contributed by atoms with Crippen LogP contribution in [0.15, 0.2) is 77.7 Å². The molecule has 0 spiro atoms. The zero-order valence-electron chi connectivity index (χ0n) is 17.3. The fourth-order valence-corrected chi connectivity index (χ4v) is 3.81. The molecule has 32 heavy (non-hydrogen) atoms. The molecule has 2 N–H and O–H groups in total. The Balaban J connectivity index is 1.72. The molecule has 7 nitrogen and oxygen atoms in total. The molecule has 9 heteroatoms. The van der Waals surface area contributed by atoms with Crippen molar-refractivity contribution in [1.29, 1.82) is 0 Å². The molecule has 0 aromatic heterocycles. The van der Waals surface area contributed by atoms with Gasteiger partial charge in [-0.25, -0.2) is 17.6 Å². The molecule has 0 saturated carbocycles.